The zero-order valence-corrected chi connectivity index (χ0v) is 14.3. The molecular formula is C18H27ClN2O. The Morgan fingerprint density at radius 2 is 1.82 bits per heavy atom. The third kappa shape index (κ3) is 4.02. The van der Waals surface area contributed by atoms with Crippen molar-refractivity contribution in [2.75, 3.05) is 0 Å². The number of halogens is 1. The highest BCUT2D eigenvalue weighted by atomic mass is 35.5. The molecule has 1 fully saturated rings. The van der Waals surface area contributed by atoms with E-state index in [1.54, 1.807) is 0 Å². The summed E-state index contributed by atoms with van der Waals surface area (Å²) in [6.45, 7) is 5.45. The molecule has 0 spiro atoms. The van der Waals surface area contributed by atoms with Crippen molar-refractivity contribution in [3.63, 3.8) is 0 Å². The second-order valence-corrected chi connectivity index (χ2v) is 7.35. The minimum Gasteiger partial charge on any atom is -0.352 e. The van der Waals surface area contributed by atoms with E-state index in [0.29, 0.717) is 11.5 Å². The van der Waals surface area contributed by atoms with Crippen molar-refractivity contribution in [2.45, 2.75) is 64.6 Å². The second kappa shape index (κ2) is 7.01. The van der Waals surface area contributed by atoms with Gasteiger partial charge in [-0.15, -0.1) is 12.4 Å². The van der Waals surface area contributed by atoms with Crippen molar-refractivity contribution in [3.05, 3.63) is 35.4 Å². The Bertz CT molecular complexity index is 520. The number of carbonyl (C=O) groups excluding carboxylic acids is 1. The molecule has 1 atom stereocenters. The van der Waals surface area contributed by atoms with E-state index in [1.807, 2.05) is 0 Å². The Morgan fingerprint density at radius 3 is 2.50 bits per heavy atom. The van der Waals surface area contributed by atoms with Crippen LogP contribution < -0.4 is 10.6 Å². The molecule has 2 N–H and O–H groups in total. The van der Waals surface area contributed by atoms with E-state index in [9.17, 15) is 4.79 Å². The van der Waals surface area contributed by atoms with E-state index in [-0.39, 0.29) is 24.4 Å². The molecule has 3 rings (SSSR count). The van der Waals surface area contributed by atoms with E-state index in [0.717, 1.165) is 25.8 Å². The van der Waals surface area contributed by atoms with Crippen molar-refractivity contribution in [2.24, 2.45) is 5.41 Å². The summed E-state index contributed by atoms with van der Waals surface area (Å²) in [4.78, 5) is 12.5. The lowest BCUT2D eigenvalue weighted by Crippen LogP contribution is -2.51. The van der Waals surface area contributed by atoms with Crippen LogP contribution in [-0.4, -0.2) is 18.0 Å². The van der Waals surface area contributed by atoms with Gasteiger partial charge in [0.1, 0.15) is 0 Å². The lowest BCUT2D eigenvalue weighted by atomic mass is 9.75. The first-order chi connectivity index (χ1) is 10.0. The molecule has 1 aromatic carbocycles. The molecule has 1 unspecified atom stereocenters. The van der Waals surface area contributed by atoms with E-state index in [4.69, 9.17) is 0 Å². The third-order valence-electron chi connectivity index (χ3n) is 5.08. The highest BCUT2D eigenvalue weighted by molar-refractivity contribution is 5.85. The number of hydrogen-bond acceptors (Lipinski definition) is 2. The Balaban J connectivity index is 0.00000176. The summed E-state index contributed by atoms with van der Waals surface area (Å²) < 4.78 is 0. The topological polar surface area (TPSA) is 41.1 Å². The SMILES string of the molecule is CC1(C)CCC(NC(=O)C2Cc3ccccc3CN2)CC1.Cl. The van der Waals surface area contributed by atoms with E-state index < -0.39 is 0 Å². The normalized spacial score (nSPS) is 24.0. The number of nitrogens with one attached hydrogen (secondary N) is 2. The van der Waals surface area contributed by atoms with Crippen LogP contribution in [0.15, 0.2) is 24.3 Å². The number of carbonyl (C=O) groups is 1. The Labute approximate surface area is 139 Å². The van der Waals surface area contributed by atoms with Gasteiger partial charge in [-0.25, -0.2) is 0 Å². The molecule has 1 saturated carbocycles. The van der Waals surface area contributed by atoms with E-state index in [1.165, 1.54) is 24.0 Å². The Morgan fingerprint density at radius 1 is 1.18 bits per heavy atom. The summed E-state index contributed by atoms with van der Waals surface area (Å²) in [6, 6.07) is 8.69. The monoisotopic (exact) mass is 322 g/mol. The van der Waals surface area contributed by atoms with Crippen molar-refractivity contribution in [3.8, 4) is 0 Å². The number of benzene rings is 1. The van der Waals surface area contributed by atoms with Crippen LogP contribution in [0.2, 0.25) is 0 Å². The lowest BCUT2D eigenvalue weighted by Gasteiger charge is -2.35. The molecule has 0 saturated heterocycles. The molecule has 1 amide bonds. The predicted molar refractivity (Wildman–Crippen MR) is 92.2 cm³/mol. The van der Waals surface area contributed by atoms with Crippen LogP contribution >= 0.6 is 12.4 Å². The quantitative estimate of drug-likeness (QED) is 0.878. The van der Waals surface area contributed by atoms with Gasteiger partial charge in [-0.2, -0.15) is 0 Å². The maximum Gasteiger partial charge on any atom is 0.237 e. The maximum atomic E-state index is 12.5. The van der Waals surface area contributed by atoms with Crippen molar-refractivity contribution >= 4 is 18.3 Å². The molecule has 3 nitrogen and oxygen atoms in total. The molecule has 1 heterocycles. The van der Waals surface area contributed by atoms with Gasteiger partial charge in [-0.3, -0.25) is 4.79 Å². The molecule has 122 valence electrons. The third-order valence-corrected chi connectivity index (χ3v) is 5.08. The maximum absolute atomic E-state index is 12.5. The smallest absolute Gasteiger partial charge is 0.237 e. The Hall–Kier alpha value is -1.06. The lowest BCUT2D eigenvalue weighted by molar-refractivity contribution is -0.124. The first kappa shape index (κ1) is 17.3. The minimum atomic E-state index is -0.0742. The standard InChI is InChI=1S/C18H26N2O.ClH/c1-18(2)9-7-15(8-10-18)20-17(21)16-11-13-5-3-4-6-14(13)12-19-16;/h3-6,15-16,19H,7-12H2,1-2H3,(H,20,21);1H. The molecule has 0 aromatic heterocycles. The van der Waals surface area contributed by atoms with Crippen LogP contribution in [-0.2, 0) is 17.8 Å². The highest BCUT2D eigenvalue weighted by Gasteiger charge is 2.30. The van der Waals surface area contributed by atoms with Crippen LogP contribution in [0.3, 0.4) is 0 Å². The van der Waals surface area contributed by atoms with Gasteiger partial charge in [0.2, 0.25) is 5.91 Å². The predicted octanol–water partition coefficient (Wildman–Crippen LogP) is 3.21. The van der Waals surface area contributed by atoms with Crippen LogP contribution in [0.4, 0.5) is 0 Å². The number of amides is 1. The van der Waals surface area contributed by atoms with Crippen molar-refractivity contribution in [1.29, 1.82) is 0 Å². The average molecular weight is 323 g/mol. The van der Waals surface area contributed by atoms with Gasteiger partial charge >= 0.3 is 0 Å². The fourth-order valence-electron chi connectivity index (χ4n) is 3.49. The van der Waals surface area contributed by atoms with Crippen LogP contribution in [0.25, 0.3) is 0 Å². The average Bonchev–Trinajstić information content (AvgIpc) is 2.49. The first-order valence-corrected chi connectivity index (χ1v) is 8.14. The summed E-state index contributed by atoms with van der Waals surface area (Å²) in [7, 11) is 0. The zero-order valence-electron chi connectivity index (χ0n) is 13.5. The summed E-state index contributed by atoms with van der Waals surface area (Å²) in [5.41, 5.74) is 3.07. The molecule has 1 aliphatic carbocycles. The molecule has 0 radical (unpaired) electrons. The minimum absolute atomic E-state index is 0. The first-order valence-electron chi connectivity index (χ1n) is 8.14. The fraction of sp³-hybridized carbons (Fsp3) is 0.611. The fourth-order valence-corrected chi connectivity index (χ4v) is 3.49. The van der Waals surface area contributed by atoms with E-state index in [2.05, 4.69) is 48.7 Å². The molecular weight excluding hydrogens is 296 g/mol. The van der Waals surface area contributed by atoms with Gasteiger partial charge in [-0.05, 0) is 48.6 Å². The van der Waals surface area contributed by atoms with Crippen molar-refractivity contribution in [1.82, 2.24) is 10.6 Å². The number of hydrogen-bond donors (Lipinski definition) is 2. The summed E-state index contributed by atoms with van der Waals surface area (Å²) in [5.74, 6) is 0.175. The molecule has 22 heavy (non-hydrogen) atoms. The zero-order chi connectivity index (χ0) is 14.9. The molecule has 1 aromatic rings. The molecule has 4 heteroatoms. The van der Waals surface area contributed by atoms with Crippen molar-refractivity contribution < 1.29 is 4.79 Å². The highest BCUT2D eigenvalue weighted by Crippen LogP contribution is 2.35. The second-order valence-electron chi connectivity index (χ2n) is 7.35. The molecule has 1 aliphatic heterocycles. The van der Waals surface area contributed by atoms with Crippen LogP contribution in [0, 0.1) is 5.41 Å². The van der Waals surface area contributed by atoms with Gasteiger partial charge in [-0.1, -0.05) is 38.1 Å². The largest absolute Gasteiger partial charge is 0.352 e. The van der Waals surface area contributed by atoms with Crippen LogP contribution in [0.1, 0.15) is 50.7 Å². The van der Waals surface area contributed by atoms with Gasteiger partial charge < -0.3 is 10.6 Å². The van der Waals surface area contributed by atoms with Gasteiger partial charge in [0, 0.05) is 12.6 Å². The number of rotatable bonds is 2. The van der Waals surface area contributed by atoms with Gasteiger partial charge in [0.05, 0.1) is 6.04 Å². The number of fused-ring (bicyclic) bond motifs is 1. The summed E-state index contributed by atoms with van der Waals surface area (Å²) in [5, 5.41) is 6.62. The summed E-state index contributed by atoms with van der Waals surface area (Å²) in [6.07, 6.45) is 5.45. The molecule has 2 aliphatic rings. The van der Waals surface area contributed by atoms with Gasteiger partial charge in [0.15, 0.2) is 0 Å². The van der Waals surface area contributed by atoms with Gasteiger partial charge in [0.25, 0.3) is 0 Å². The van der Waals surface area contributed by atoms with Crippen LogP contribution in [0.5, 0.6) is 0 Å². The summed E-state index contributed by atoms with van der Waals surface area (Å²) >= 11 is 0. The van der Waals surface area contributed by atoms with E-state index >= 15 is 0 Å². The Kier molecular flexibility index (Phi) is 5.51. The molecule has 0 bridgehead atoms.